The second-order valence-corrected chi connectivity index (χ2v) is 5.97. The number of benzene rings is 2. The summed E-state index contributed by atoms with van der Waals surface area (Å²) in [5, 5.41) is 12.2. The van der Waals surface area contributed by atoms with Crippen LogP contribution in [0, 0.1) is 11.3 Å². The van der Waals surface area contributed by atoms with Gasteiger partial charge >= 0.3 is 0 Å². The van der Waals surface area contributed by atoms with E-state index < -0.39 is 0 Å². The van der Waals surface area contributed by atoms with Gasteiger partial charge < -0.3 is 14.8 Å². The number of ether oxygens (including phenoxy) is 2. The van der Waals surface area contributed by atoms with Crippen molar-refractivity contribution in [1.82, 2.24) is 0 Å². The van der Waals surface area contributed by atoms with Crippen molar-refractivity contribution in [2.75, 3.05) is 18.5 Å². The van der Waals surface area contributed by atoms with Crippen molar-refractivity contribution >= 4 is 39.1 Å². The van der Waals surface area contributed by atoms with Crippen LogP contribution in [0.5, 0.6) is 11.5 Å². The van der Waals surface area contributed by atoms with Crippen molar-refractivity contribution in [1.29, 1.82) is 5.26 Å². The molecule has 0 atom stereocenters. The molecule has 2 rings (SSSR count). The standard InChI is InChI=1S/C17H14BrClN2O3/c1-2-23-15-7-11(9-20)6-14(18)17(15)24-10-16(22)21-13-5-3-4-12(19)8-13/h3-8H,2,10H2,1H3,(H,21,22). The zero-order valence-electron chi connectivity index (χ0n) is 12.8. The van der Waals surface area contributed by atoms with Crippen LogP contribution in [-0.4, -0.2) is 19.1 Å². The highest BCUT2D eigenvalue weighted by molar-refractivity contribution is 9.10. The SMILES string of the molecule is CCOc1cc(C#N)cc(Br)c1OCC(=O)Nc1cccc(Cl)c1. The number of carbonyl (C=O) groups excluding carboxylic acids is 1. The van der Waals surface area contributed by atoms with Crippen molar-refractivity contribution < 1.29 is 14.3 Å². The highest BCUT2D eigenvalue weighted by Gasteiger charge is 2.14. The molecule has 0 unspecified atom stereocenters. The van der Waals surface area contributed by atoms with Gasteiger partial charge in [0.15, 0.2) is 18.1 Å². The van der Waals surface area contributed by atoms with Crippen molar-refractivity contribution in [3.63, 3.8) is 0 Å². The molecule has 0 aromatic heterocycles. The van der Waals surface area contributed by atoms with E-state index in [1.807, 2.05) is 13.0 Å². The van der Waals surface area contributed by atoms with Gasteiger partial charge in [0, 0.05) is 16.8 Å². The molecule has 0 heterocycles. The Morgan fingerprint density at radius 3 is 2.79 bits per heavy atom. The number of nitriles is 1. The van der Waals surface area contributed by atoms with Gasteiger partial charge in [-0.1, -0.05) is 17.7 Å². The van der Waals surface area contributed by atoms with E-state index in [0.29, 0.717) is 38.9 Å². The van der Waals surface area contributed by atoms with E-state index in [0.717, 1.165) is 0 Å². The van der Waals surface area contributed by atoms with Crippen LogP contribution in [0.25, 0.3) is 0 Å². The molecule has 0 saturated carbocycles. The van der Waals surface area contributed by atoms with Gasteiger partial charge in [-0.05, 0) is 47.1 Å². The van der Waals surface area contributed by atoms with Crippen LogP contribution in [0.15, 0.2) is 40.9 Å². The molecule has 0 aliphatic rings. The Kier molecular flexibility index (Phi) is 6.47. The fourth-order valence-electron chi connectivity index (χ4n) is 1.94. The minimum absolute atomic E-state index is 0.211. The largest absolute Gasteiger partial charge is 0.490 e. The average Bonchev–Trinajstić information content (AvgIpc) is 2.54. The van der Waals surface area contributed by atoms with Crippen LogP contribution in [0.3, 0.4) is 0 Å². The Morgan fingerprint density at radius 1 is 1.33 bits per heavy atom. The number of halogens is 2. The molecule has 1 N–H and O–H groups in total. The first kappa shape index (κ1) is 18.1. The van der Waals surface area contributed by atoms with Gasteiger partial charge in [-0.3, -0.25) is 4.79 Å². The highest BCUT2D eigenvalue weighted by atomic mass is 79.9. The number of amides is 1. The molecule has 7 heteroatoms. The summed E-state index contributed by atoms with van der Waals surface area (Å²) >= 11 is 9.20. The molecule has 124 valence electrons. The lowest BCUT2D eigenvalue weighted by molar-refractivity contribution is -0.118. The van der Waals surface area contributed by atoms with E-state index in [1.54, 1.807) is 36.4 Å². The molecular weight excluding hydrogens is 396 g/mol. The lowest BCUT2D eigenvalue weighted by atomic mass is 10.2. The molecular formula is C17H14BrClN2O3. The predicted octanol–water partition coefficient (Wildman–Crippen LogP) is 4.39. The summed E-state index contributed by atoms with van der Waals surface area (Å²) in [5.74, 6) is 0.437. The summed E-state index contributed by atoms with van der Waals surface area (Å²) in [5.41, 5.74) is 1.01. The maximum absolute atomic E-state index is 12.0. The maximum Gasteiger partial charge on any atom is 0.262 e. The molecule has 0 bridgehead atoms. The van der Waals surface area contributed by atoms with Crippen LogP contribution < -0.4 is 14.8 Å². The molecule has 5 nitrogen and oxygen atoms in total. The second kappa shape index (κ2) is 8.57. The van der Waals surface area contributed by atoms with Crippen LogP contribution in [0.2, 0.25) is 5.02 Å². The summed E-state index contributed by atoms with van der Waals surface area (Å²) in [6.45, 7) is 2.02. The number of carbonyl (C=O) groups is 1. The van der Waals surface area contributed by atoms with Gasteiger partial charge in [-0.15, -0.1) is 0 Å². The third kappa shape index (κ3) is 4.88. The topological polar surface area (TPSA) is 71.3 Å². The minimum atomic E-state index is -0.337. The van der Waals surface area contributed by atoms with Crippen LogP contribution >= 0.6 is 27.5 Å². The van der Waals surface area contributed by atoms with E-state index >= 15 is 0 Å². The Morgan fingerprint density at radius 2 is 2.12 bits per heavy atom. The third-order valence-electron chi connectivity index (χ3n) is 2.89. The first-order valence-electron chi connectivity index (χ1n) is 7.08. The lowest BCUT2D eigenvalue weighted by Gasteiger charge is -2.14. The summed E-state index contributed by atoms with van der Waals surface area (Å²) in [6, 6.07) is 12.0. The van der Waals surface area contributed by atoms with Gasteiger partial charge in [0.2, 0.25) is 0 Å². The smallest absolute Gasteiger partial charge is 0.262 e. The lowest BCUT2D eigenvalue weighted by Crippen LogP contribution is -2.20. The van der Waals surface area contributed by atoms with Gasteiger partial charge in [0.1, 0.15) is 0 Å². The molecule has 0 aliphatic heterocycles. The molecule has 24 heavy (non-hydrogen) atoms. The summed E-state index contributed by atoms with van der Waals surface area (Å²) in [4.78, 5) is 12.0. The quantitative estimate of drug-likeness (QED) is 0.768. The molecule has 0 saturated heterocycles. The first-order valence-corrected chi connectivity index (χ1v) is 8.25. The number of hydrogen-bond donors (Lipinski definition) is 1. The fraction of sp³-hybridized carbons (Fsp3) is 0.176. The number of rotatable bonds is 6. The van der Waals surface area contributed by atoms with Crippen molar-refractivity contribution in [3.05, 3.63) is 51.5 Å². The molecule has 0 aliphatic carbocycles. The summed E-state index contributed by atoms with van der Waals surface area (Å²) < 4.78 is 11.6. The van der Waals surface area contributed by atoms with Crippen LogP contribution in [0.1, 0.15) is 12.5 Å². The van der Waals surface area contributed by atoms with Crippen molar-refractivity contribution in [2.24, 2.45) is 0 Å². The molecule has 0 radical (unpaired) electrons. The zero-order chi connectivity index (χ0) is 17.5. The molecule has 0 spiro atoms. The minimum Gasteiger partial charge on any atom is -0.490 e. The van der Waals surface area contributed by atoms with Crippen LogP contribution in [-0.2, 0) is 4.79 Å². The van der Waals surface area contributed by atoms with Gasteiger partial charge in [-0.2, -0.15) is 5.26 Å². The van der Waals surface area contributed by atoms with E-state index in [9.17, 15) is 4.79 Å². The van der Waals surface area contributed by atoms with Gasteiger partial charge in [0.05, 0.1) is 22.7 Å². The molecule has 1 amide bonds. The number of anilines is 1. The fourth-order valence-corrected chi connectivity index (χ4v) is 2.68. The Balaban J connectivity index is 2.08. The third-order valence-corrected chi connectivity index (χ3v) is 3.72. The first-order chi connectivity index (χ1) is 11.5. The van der Waals surface area contributed by atoms with E-state index in [4.69, 9.17) is 26.3 Å². The van der Waals surface area contributed by atoms with Gasteiger partial charge in [0.25, 0.3) is 5.91 Å². The van der Waals surface area contributed by atoms with Crippen molar-refractivity contribution in [3.8, 4) is 17.6 Å². The van der Waals surface area contributed by atoms with Crippen LogP contribution in [0.4, 0.5) is 5.69 Å². The number of nitrogens with one attached hydrogen (secondary N) is 1. The van der Waals surface area contributed by atoms with E-state index in [-0.39, 0.29) is 12.5 Å². The number of hydrogen-bond acceptors (Lipinski definition) is 4. The van der Waals surface area contributed by atoms with E-state index in [1.165, 1.54) is 0 Å². The summed E-state index contributed by atoms with van der Waals surface area (Å²) in [6.07, 6.45) is 0. The number of nitrogens with zero attached hydrogens (tertiary/aromatic N) is 1. The van der Waals surface area contributed by atoms with E-state index in [2.05, 4.69) is 21.2 Å². The zero-order valence-corrected chi connectivity index (χ0v) is 15.1. The van der Waals surface area contributed by atoms with Gasteiger partial charge in [-0.25, -0.2) is 0 Å². The molecule has 2 aromatic rings. The predicted molar refractivity (Wildman–Crippen MR) is 95.6 cm³/mol. The Bertz CT molecular complexity index is 790. The normalized spacial score (nSPS) is 9.92. The van der Waals surface area contributed by atoms with Crippen molar-refractivity contribution in [2.45, 2.75) is 6.92 Å². The average molecular weight is 410 g/mol. The monoisotopic (exact) mass is 408 g/mol. The maximum atomic E-state index is 12.0. The summed E-state index contributed by atoms with van der Waals surface area (Å²) in [7, 11) is 0. The highest BCUT2D eigenvalue weighted by Crippen LogP contribution is 2.36. The molecule has 2 aromatic carbocycles. The molecule has 0 fully saturated rings. The Labute approximate surface area is 153 Å². The second-order valence-electron chi connectivity index (χ2n) is 4.68. The Hall–Kier alpha value is -2.23.